The third-order valence-corrected chi connectivity index (χ3v) is 1.98. The van der Waals surface area contributed by atoms with Gasteiger partial charge in [0.05, 0.1) is 0 Å². The Hall–Kier alpha value is -1.32. The van der Waals surface area contributed by atoms with Gasteiger partial charge in [0.25, 0.3) is 0 Å². The molecule has 0 fully saturated rings. The van der Waals surface area contributed by atoms with Gasteiger partial charge in [0.15, 0.2) is 5.82 Å². The van der Waals surface area contributed by atoms with E-state index in [1.807, 2.05) is 0 Å². The molecule has 1 aromatic heterocycles. The largest absolute Gasteiger partial charge is 0.409 e. The number of likely N-dealkylation sites (N-methyl/N-ethyl adjacent to an activating group) is 1. The summed E-state index contributed by atoms with van der Waals surface area (Å²) >= 11 is 0. The molecule has 0 aromatic carbocycles. The zero-order valence-corrected chi connectivity index (χ0v) is 9.06. The number of hydrogen-bond acceptors (Lipinski definition) is 4. The van der Waals surface area contributed by atoms with E-state index in [2.05, 4.69) is 20.0 Å². The molecular formula is C8H9F6N3O. The molecule has 0 amide bonds. The molecule has 0 spiro atoms. The van der Waals surface area contributed by atoms with Crippen molar-refractivity contribution in [1.82, 2.24) is 15.5 Å². The fraction of sp³-hybridized carbons (Fsp3) is 0.750. The summed E-state index contributed by atoms with van der Waals surface area (Å²) in [5.74, 6) is -5.44. The number of nitrogens with zero attached hydrogens (tertiary/aromatic N) is 2. The van der Waals surface area contributed by atoms with Crippen LogP contribution in [0.4, 0.5) is 26.3 Å². The molecule has 0 radical (unpaired) electrons. The van der Waals surface area contributed by atoms with Crippen molar-refractivity contribution < 1.29 is 30.9 Å². The molecule has 1 aromatic rings. The van der Waals surface area contributed by atoms with Gasteiger partial charge < -0.3 is 9.84 Å². The van der Waals surface area contributed by atoms with Crippen LogP contribution in [0.1, 0.15) is 17.6 Å². The first-order valence-electron chi connectivity index (χ1n) is 4.76. The molecule has 1 heterocycles. The molecule has 104 valence electrons. The fourth-order valence-corrected chi connectivity index (χ4v) is 1.19. The number of alkyl halides is 6. The van der Waals surface area contributed by atoms with Gasteiger partial charge in [0, 0.05) is 13.0 Å². The quantitative estimate of drug-likeness (QED) is 0.856. The van der Waals surface area contributed by atoms with Gasteiger partial charge in [-0.15, -0.1) is 0 Å². The molecule has 0 aliphatic carbocycles. The van der Waals surface area contributed by atoms with Gasteiger partial charge in [-0.3, -0.25) is 0 Å². The first-order valence-corrected chi connectivity index (χ1v) is 4.76. The van der Waals surface area contributed by atoms with Gasteiger partial charge in [-0.25, -0.2) is 0 Å². The standard InChI is InChI=1S/C8H9F6N3O/c1-15-3-2-4-16-6(18-17-4)5(7(9,10)11)8(12,13)14/h5,15H,2-3H2,1H3. The Morgan fingerprint density at radius 1 is 1.17 bits per heavy atom. The van der Waals surface area contributed by atoms with Crippen molar-refractivity contribution in [3.63, 3.8) is 0 Å². The summed E-state index contributed by atoms with van der Waals surface area (Å²) in [5, 5.41) is 5.72. The molecule has 4 nitrogen and oxygen atoms in total. The Morgan fingerprint density at radius 2 is 1.72 bits per heavy atom. The molecule has 0 unspecified atom stereocenters. The zero-order valence-electron chi connectivity index (χ0n) is 9.06. The molecular weight excluding hydrogens is 268 g/mol. The first-order chi connectivity index (χ1) is 8.16. The van der Waals surface area contributed by atoms with Crippen molar-refractivity contribution in [3.8, 4) is 0 Å². The van der Waals surface area contributed by atoms with Gasteiger partial charge in [0.1, 0.15) is 0 Å². The molecule has 10 heteroatoms. The predicted molar refractivity (Wildman–Crippen MR) is 46.8 cm³/mol. The van der Waals surface area contributed by atoms with Crippen LogP contribution in [-0.4, -0.2) is 36.1 Å². The Bertz CT molecular complexity index is 371. The Balaban J connectivity index is 2.97. The highest BCUT2D eigenvalue weighted by Gasteiger charge is 2.60. The second-order valence-electron chi connectivity index (χ2n) is 3.42. The Kier molecular flexibility index (Phi) is 4.20. The highest BCUT2D eigenvalue weighted by atomic mass is 19.4. The lowest BCUT2D eigenvalue weighted by Gasteiger charge is -2.18. The maximum atomic E-state index is 12.3. The lowest BCUT2D eigenvalue weighted by molar-refractivity contribution is -0.259. The van der Waals surface area contributed by atoms with Gasteiger partial charge in [0.2, 0.25) is 11.8 Å². The summed E-state index contributed by atoms with van der Waals surface area (Å²) in [6.07, 6.45) is -11.0. The lowest BCUT2D eigenvalue weighted by atomic mass is 10.1. The normalized spacial score (nSPS) is 13.3. The van der Waals surface area contributed by atoms with Crippen molar-refractivity contribution in [2.75, 3.05) is 13.6 Å². The number of halogens is 6. The zero-order chi connectivity index (χ0) is 14.0. The van der Waals surface area contributed by atoms with Gasteiger partial charge in [-0.1, -0.05) is 5.16 Å². The smallest absolute Gasteiger partial charge is 0.338 e. The third-order valence-electron chi connectivity index (χ3n) is 1.98. The van der Waals surface area contributed by atoms with Crippen LogP contribution in [0.2, 0.25) is 0 Å². The molecule has 0 saturated heterocycles. The van der Waals surface area contributed by atoms with E-state index in [0.29, 0.717) is 6.54 Å². The van der Waals surface area contributed by atoms with Crippen LogP contribution in [0.25, 0.3) is 0 Å². The van der Waals surface area contributed by atoms with Crippen molar-refractivity contribution in [1.29, 1.82) is 0 Å². The highest BCUT2D eigenvalue weighted by Crippen LogP contribution is 2.45. The number of hydrogen-bond donors (Lipinski definition) is 1. The van der Waals surface area contributed by atoms with Crippen LogP contribution in [-0.2, 0) is 6.42 Å². The second-order valence-corrected chi connectivity index (χ2v) is 3.42. The summed E-state index contributed by atoms with van der Waals surface area (Å²) in [4.78, 5) is 3.12. The SMILES string of the molecule is CNCCc1noc(C(C(F)(F)F)C(F)(F)F)n1. The lowest BCUT2D eigenvalue weighted by Crippen LogP contribution is -2.34. The van der Waals surface area contributed by atoms with E-state index in [1.54, 1.807) is 7.05 Å². The molecule has 0 aliphatic rings. The van der Waals surface area contributed by atoms with Gasteiger partial charge in [-0.05, 0) is 7.05 Å². The van der Waals surface area contributed by atoms with E-state index in [1.165, 1.54) is 0 Å². The minimum absolute atomic E-state index is 0.0719. The van der Waals surface area contributed by atoms with Gasteiger partial charge in [-0.2, -0.15) is 31.3 Å². The molecule has 0 bridgehead atoms. The first kappa shape index (κ1) is 14.7. The monoisotopic (exact) mass is 277 g/mol. The number of aromatic nitrogens is 2. The summed E-state index contributed by atoms with van der Waals surface area (Å²) < 4.78 is 77.9. The molecule has 0 saturated carbocycles. The Labute approximate surface area is 97.3 Å². The average molecular weight is 277 g/mol. The van der Waals surface area contributed by atoms with E-state index in [0.717, 1.165) is 0 Å². The molecule has 0 aliphatic heterocycles. The average Bonchev–Trinajstić information content (AvgIpc) is 2.58. The van der Waals surface area contributed by atoms with E-state index in [4.69, 9.17) is 0 Å². The summed E-state index contributed by atoms with van der Waals surface area (Å²) in [5.41, 5.74) is 0. The summed E-state index contributed by atoms with van der Waals surface area (Å²) in [6.45, 7) is 0.307. The fourth-order valence-electron chi connectivity index (χ4n) is 1.19. The maximum Gasteiger partial charge on any atom is 0.409 e. The van der Waals surface area contributed by atoms with Crippen LogP contribution in [0, 0.1) is 0 Å². The van der Waals surface area contributed by atoms with Crippen LogP contribution in [0.3, 0.4) is 0 Å². The number of rotatable bonds is 4. The van der Waals surface area contributed by atoms with Crippen molar-refractivity contribution in [2.45, 2.75) is 24.7 Å². The topological polar surface area (TPSA) is 51.0 Å². The van der Waals surface area contributed by atoms with Crippen LogP contribution >= 0.6 is 0 Å². The molecule has 0 atom stereocenters. The van der Waals surface area contributed by atoms with Crippen molar-refractivity contribution in [3.05, 3.63) is 11.7 Å². The second kappa shape index (κ2) is 5.12. The van der Waals surface area contributed by atoms with Crippen LogP contribution in [0.5, 0.6) is 0 Å². The minimum Gasteiger partial charge on any atom is -0.338 e. The van der Waals surface area contributed by atoms with E-state index in [9.17, 15) is 26.3 Å². The summed E-state index contributed by atoms with van der Waals surface area (Å²) in [6, 6.07) is 0. The highest BCUT2D eigenvalue weighted by molar-refractivity contribution is 5.01. The predicted octanol–water partition coefficient (Wildman–Crippen LogP) is 2.04. The molecule has 18 heavy (non-hydrogen) atoms. The van der Waals surface area contributed by atoms with Crippen LogP contribution in [0.15, 0.2) is 4.52 Å². The summed E-state index contributed by atoms with van der Waals surface area (Å²) in [7, 11) is 1.56. The van der Waals surface area contributed by atoms with Crippen molar-refractivity contribution in [2.24, 2.45) is 0 Å². The van der Waals surface area contributed by atoms with E-state index < -0.39 is 24.2 Å². The van der Waals surface area contributed by atoms with Crippen LogP contribution < -0.4 is 5.32 Å². The van der Waals surface area contributed by atoms with Crippen molar-refractivity contribution >= 4 is 0 Å². The minimum atomic E-state index is -5.52. The maximum absolute atomic E-state index is 12.3. The number of nitrogens with one attached hydrogen (secondary N) is 1. The Morgan fingerprint density at radius 3 is 2.17 bits per heavy atom. The molecule has 1 N–H and O–H groups in total. The molecule has 1 rings (SSSR count). The third kappa shape index (κ3) is 3.59. The van der Waals surface area contributed by atoms with E-state index >= 15 is 0 Å². The van der Waals surface area contributed by atoms with Gasteiger partial charge >= 0.3 is 12.4 Å². The van der Waals surface area contributed by atoms with E-state index in [-0.39, 0.29) is 12.2 Å².